The van der Waals surface area contributed by atoms with Crippen LogP contribution in [0.3, 0.4) is 0 Å². The number of hydrogen-bond donors (Lipinski definition) is 2. The molecular formula is C18H20Cl2N2O4. The van der Waals surface area contributed by atoms with E-state index < -0.39 is 0 Å². The maximum atomic E-state index is 12.2. The summed E-state index contributed by atoms with van der Waals surface area (Å²) in [6.45, 7) is 1.85. The predicted octanol–water partition coefficient (Wildman–Crippen LogP) is 3.05. The Bertz CT molecular complexity index is 754. The van der Waals surface area contributed by atoms with Crippen molar-refractivity contribution in [2.75, 3.05) is 31.7 Å². The fourth-order valence-electron chi connectivity index (χ4n) is 2.47. The molecule has 1 amide bonds. The van der Waals surface area contributed by atoms with Crippen molar-refractivity contribution in [2.45, 2.75) is 6.42 Å². The number of anilines is 1. The summed E-state index contributed by atoms with van der Waals surface area (Å²) in [4.78, 5) is 12.2. The Labute approximate surface area is 163 Å². The Hall–Kier alpha value is -2.15. The third kappa shape index (κ3) is 5.17. The quantitative estimate of drug-likeness (QED) is 0.780. The van der Waals surface area contributed by atoms with Crippen molar-refractivity contribution in [3.8, 4) is 17.2 Å². The highest BCUT2D eigenvalue weighted by atomic mass is 35.5. The molecule has 8 heteroatoms. The maximum absolute atomic E-state index is 12.2. The molecule has 0 spiro atoms. The second-order valence-corrected chi connectivity index (χ2v) is 5.90. The zero-order valence-electron chi connectivity index (χ0n) is 14.0. The Morgan fingerprint density at radius 3 is 2.65 bits per heavy atom. The molecule has 1 aliphatic heterocycles. The van der Waals surface area contributed by atoms with Crippen LogP contribution in [0.15, 0.2) is 36.4 Å². The lowest BCUT2D eigenvalue weighted by molar-refractivity contribution is -0.115. The highest BCUT2D eigenvalue weighted by Gasteiger charge is 2.17. The van der Waals surface area contributed by atoms with E-state index in [4.69, 9.17) is 31.5 Å². The first-order valence-electron chi connectivity index (χ1n) is 7.96. The molecule has 140 valence electrons. The van der Waals surface area contributed by atoms with Gasteiger partial charge in [-0.05, 0) is 42.0 Å². The number of carbonyl (C=O) groups is 1. The summed E-state index contributed by atoms with van der Waals surface area (Å²) in [5.41, 5.74) is 6.84. The second-order valence-electron chi connectivity index (χ2n) is 5.49. The summed E-state index contributed by atoms with van der Waals surface area (Å²) in [5, 5.41) is 3.28. The first-order valence-corrected chi connectivity index (χ1v) is 8.34. The summed E-state index contributed by atoms with van der Waals surface area (Å²) >= 11 is 6.19. The molecule has 0 radical (unpaired) electrons. The molecule has 6 nitrogen and oxygen atoms in total. The van der Waals surface area contributed by atoms with Gasteiger partial charge in [-0.3, -0.25) is 4.79 Å². The summed E-state index contributed by atoms with van der Waals surface area (Å²) in [6, 6.07) is 10.6. The van der Waals surface area contributed by atoms with Crippen LogP contribution in [0, 0.1) is 0 Å². The normalized spacial score (nSPS) is 12.1. The molecule has 0 atom stereocenters. The average molecular weight is 399 g/mol. The molecule has 1 heterocycles. The molecule has 0 fully saturated rings. The van der Waals surface area contributed by atoms with E-state index in [1.54, 1.807) is 36.4 Å². The number of ether oxygens (including phenoxy) is 3. The van der Waals surface area contributed by atoms with Gasteiger partial charge in [0.15, 0.2) is 11.5 Å². The third-order valence-electron chi connectivity index (χ3n) is 3.55. The molecule has 2 aromatic carbocycles. The highest BCUT2D eigenvalue weighted by molar-refractivity contribution is 6.32. The van der Waals surface area contributed by atoms with E-state index in [0.29, 0.717) is 54.3 Å². The van der Waals surface area contributed by atoms with Crippen molar-refractivity contribution in [2.24, 2.45) is 5.73 Å². The maximum Gasteiger partial charge on any atom is 0.228 e. The molecule has 0 saturated carbocycles. The van der Waals surface area contributed by atoms with Crippen LogP contribution in [0.25, 0.3) is 0 Å². The Morgan fingerprint density at radius 2 is 1.92 bits per heavy atom. The van der Waals surface area contributed by atoms with Crippen molar-refractivity contribution in [1.82, 2.24) is 0 Å². The number of halogens is 2. The predicted molar refractivity (Wildman–Crippen MR) is 103 cm³/mol. The summed E-state index contributed by atoms with van der Waals surface area (Å²) in [6.07, 6.45) is 0.182. The van der Waals surface area contributed by atoms with Gasteiger partial charge in [0, 0.05) is 12.2 Å². The minimum atomic E-state index is -0.150. The van der Waals surface area contributed by atoms with Crippen molar-refractivity contribution in [3.05, 3.63) is 47.0 Å². The van der Waals surface area contributed by atoms with Gasteiger partial charge in [0.1, 0.15) is 25.6 Å². The zero-order chi connectivity index (χ0) is 17.6. The summed E-state index contributed by atoms with van der Waals surface area (Å²) in [7, 11) is 0. The number of fused-ring (bicyclic) bond motifs is 1. The minimum Gasteiger partial charge on any atom is -0.492 e. The van der Waals surface area contributed by atoms with Gasteiger partial charge in [0.05, 0.1) is 11.4 Å². The Balaban J connectivity index is 0.00000243. The van der Waals surface area contributed by atoms with Gasteiger partial charge in [-0.2, -0.15) is 0 Å². The molecule has 3 rings (SSSR count). The van der Waals surface area contributed by atoms with Crippen molar-refractivity contribution >= 4 is 35.6 Å². The van der Waals surface area contributed by atoms with E-state index in [2.05, 4.69) is 5.32 Å². The molecule has 1 aliphatic rings. The van der Waals surface area contributed by atoms with Crippen LogP contribution in [0.5, 0.6) is 17.2 Å². The van der Waals surface area contributed by atoms with Gasteiger partial charge < -0.3 is 25.3 Å². The number of nitrogens with one attached hydrogen (secondary N) is 1. The average Bonchev–Trinajstić information content (AvgIpc) is 2.61. The monoisotopic (exact) mass is 398 g/mol. The lowest BCUT2D eigenvalue weighted by Crippen LogP contribution is -2.17. The molecule has 0 aromatic heterocycles. The largest absolute Gasteiger partial charge is 0.492 e. The number of rotatable bonds is 6. The number of carbonyl (C=O) groups excluding carboxylic acids is 1. The van der Waals surface area contributed by atoms with Crippen LogP contribution in [0.4, 0.5) is 5.69 Å². The van der Waals surface area contributed by atoms with Gasteiger partial charge in [0.25, 0.3) is 0 Å². The Morgan fingerprint density at radius 1 is 1.19 bits per heavy atom. The summed E-state index contributed by atoms with van der Waals surface area (Å²) in [5.74, 6) is 1.67. The fourth-order valence-corrected chi connectivity index (χ4v) is 2.76. The molecular weight excluding hydrogens is 379 g/mol. The van der Waals surface area contributed by atoms with Crippen molar-refractivity contribution < 1.29 is 19.0 Å². The van der Waals surface area contributed by atoms with Gasteiger partial charge in [-0.1, -0.05) is 11.6 Å². The first kappa shape index (κ1) is 20.2. The molecule has 0 unspecified atom stereocenters. The van der Waals surface area contributed by atoms with Gasteiger partial charge >= 0.3 is 0 Å². The van der Waals surface area contributed by atoms with Crippen LogP contribution >= 0.6 is 24.0 Å². The molecule has 0 bridgehead atoms. The highest BCUT2D eigenvalue weighted by Crippen LogP contribution is 2.38. The van der Waals surface area contributed by atoms with Crippen LogP contribution < -0.4 is 25.3 Å². The van der Waals surface area contributed by atoms with Crippen LogP contribution in [0.1, 0.15) is 5.56 Å². The number of nitrogens with two attached hydrogens (primary N) is 1. The van der Waals surface area contributed by atoms with Crippen LogP contribution in [-0.2, 0) is 11.2 Å². The van der Waals surface area contributed by atoms with Crippen LogP contribution in [0.2, 0.25) is 5.02 Å². The smallest absolute Gasteiger partial charge is 0.228 e. The van der Waals surface area contributed by atoms with E-state index in [-0.39, 0.29) is 24.7 Å². The van der Waals surface area contributed by atoms with Crippen molar-refractivity contribution in [3.63, 3.8) is 0 Å². The van der Waals surface area contributed by atoms with Crippen molar-refractivity contribution in [1.29, 1.82) is 0 Å². The first-order chi connectivity index (χ1) is 12.2. The third-order valence-corrected chi connectivity index (χ3v) is 3.83. The molecule has 3 N–H and O–H groups in total. The van der Waals surface area contributed by atoms with E-state index in [0.717, 1.165) is 5.56 Å². The van der Waals surface area contributed by atoms with E-state index in [1.165, 1.54) is 0 Å². The fraction of sp³-hybridized carbons (Fsp3) is 0.278. The van der Waals surface area contributed by atoms with E-state index in [1.807, 2.05) is 0 Å². The lowest BCUT2D eigenvalue weighted by Gasteiger charge is -2.20. The SMILES string of the molecule is Cl.NCCOc1ccc(NC(=O)Cc2cc(Cl)c3c(c2)OCCO3)cc1. The van der Waals surface area contributed by atoms with Crippen LogP contribution in [-0.4, -0.2) is 32.3 Å². The summed E-state index contributed by atoms with van der Waals surface area (Å²) < 4.78 is 16.4. The number of amides is 1. The zero-order valence-corrected chi connectivity index (χ0v) is 15.6. The second kappa shape index (κ2) is 9.52. The van der Waals surface area contributed by atoms with Gasteiger partial charge in [-0.25, -0.2) is 0 Å². The molecule has 26 heavy (non-hydrogen) atoms. The topological polar surface area (TPSA) is 82.8 Å². The lowest BCUT2D eigenvalue weighted by atomic mass is 10.1. The Kier molecular flexibility index (Phi) is 7.38. The molecule has 2 aromatic rings. The number of hydrogen-bond acceptors (Lipinski definition) is 5. The minimum absolute atomic E-state index is 0. The number of benzene rings is 2. The molecule has 0 aliphatic carbocycles. The van der Waals surface area contributed by atoms with E-state index in [9.17, 15) is 4.79 Å². The standard InChI is InChI=1S/C18H19ClN2O4.ClH/c19-15-9-12(10-16-18(15)25-8-7-24-16)11-17(22)21-13-1-3-14(4-2-13)23-6-5-20;/h1-4,9-10H,5-8,11,20H2,(H,21,22);1H. The van der Waals surface area contributed by atoms with Gasteiger partial charge in [-0.15, -0.1) is 12.4 Å². The van der Waals surface area contributed by atoms with Gasteiger partial charge in [0.2, 0.25) is 5.91 Å². The molecule has 0 saturated heterocycles. The van der Waals surface area contributed by atoms with E-state index >= 15 is 0 Å².